The second kappa shape index (κ2) is 6.95. The summed E-state index contributed by atoms with van der Waals surface area (Å²) in [6, 6.07) is 17.9. The summed E-state index contributed by atoms with van der Waals surface area (Å²) in [6.45, 7) is 2.26. The van der Waals surface area contributed by atoms with Gasteiger partial charge in [-0.05, 0) is 18.1 Å². The van der Waals surface area contributed by atoms with Crippen molar-refractivity contribution in [3.05, 3.63) is 87.9 Å². The number of amides is 1. The molecule has 0 saturated heterocycles. The third-order valence-electron chi connectivity index (χ3n) is 3.78. The Morgan fingerprint density at radius 2 is 1.62 bits per heavy atom. The Bertz CT molecular complexity index is 776. The number of benzene rings is 2. The number of rotatable bonds is 5. The van der Waals surface area contributed by atoms with Gasteiger partial charge in [0.25, 0.3) is 5.91 Å². The van der Waals surface area contributed by atoms with Gasteiger partial charge in [0.15, 0.2) is 5.60 Å². The summed E-state index contributed by atoms with van der Waals surface area (Å²) in [5.74, 6) is -0.465. The molecule has 0 bridgehead atoms. The Labute approximate surface area is 144 Å². The number of hydrogen-bond donors (Lipinski definition) is 2. The average molecular weight is 338 g/mol. The highest BCUT2D eigenvalue weighted by Crippen LogP contribution is 2.30. The van der Waals surface area contributed by atoms with Crippen LogP contribution in [0.15, 0.2) is 66.9 Å². The maximum absolute atomic E-state index is 12.9. The zero-order valence-electron chi connectivity index (χ0n) is 13.3. The van der Waals surface area contributed by atoms with E-state index in [4.69, 9.17) is 0 Å². The molecule has 1 aromatic heterocycles. The topological polar surface area (TPSA) is 62.2 Å². The molecule has 0 aliphatic rings. The van der Waals surface area contributed by atoms with Gasteiger partial charge in [0.05, 0.1) is 6.54 Å². The minimum atomic E-state index is -1.74. The molecule has 0 saturated carbocycles. The lowest BCUT2D eigenvalue weighted by Crippen LogP contribution is -2.45. The van der Waals surface area contributed by atoms with Crippen LogP contribution in [0.3, 0.4) is 0 Å². The Balaban J connectivity index is 1.91. The average Bonchev–Trinajstić information content (AvgIpc) is 3.05. The van der Waals surface area contributed by atoms with Crippen molar-refractivity contribution < 1.29 is 9.90 Å². The van der Waals surface area contributed by atoms with Crippen LogP contribution in [-0.4, -0.2) is 16.0 Å². The number of carbonyl (C=O) groups is 1. The Hall–Kier alpha value is -2.50. The van der Waals surface area contributed by atoms with E-state index >= 15 is 0 Å². The summed E-state index contributed by atoms with van der Waals surface area (Å²) in [4.78, 5) is 18.2. The highest BCUT2D eigenvalue weighted by Gasteiger charge is 2.39. The highest BCUT2D eigenvalue weighted by molar-refractivity contribution is 7.11. The molecule has 0 atom stereocenters. The molecule has 1 heterocycles. The molecule has 4 nitrogen and oxygen atoms in total. The van der Waals surface area contributed by atoms with E-state index in [1.165, 1.54) is 11.3 Å². The van der Waals surface area contributed by atoms with Crippen molar-refractivity contribution >= 4 is 17.2 Å². The SMILES string of the molecule is Cc1cnc(CNC(=O)C(O)(c2ccccc2)c2ccccc2)s1. The normalized spacial score (nSPS) is 11.2. The molecule has 0 aliphatic heterocycles. The number of nitrogens with zero attached hydrogens (tertiary/aromatic N) is 1. The molecule has 0 unspecified atom stereocenters. The smallest absolute Gasteiger partial charge is 0.261 e. The van der Waals surface area contributed by atoms with Crippen LogP contribution in [0.5, 0.6) is 0 Å². The fourth-order valence-corrected chi connectivity index (χ4v) is 3.28. The summed E-state index contributed by atoms with van der Waals surface area (Å²) >= 11 is 1.52. The standard InChI is InChI=1S/C19H18N2O2S/c1-14-12-20-17(24-14)13-21-18(22)19(23,15-8-4-2-5-9-15)16-10-6-3-7-11-16/h2-12,23H,13H2,1H3,(H,21,22). The molecule has 0 radical (unpaired) electrons. The Kier molecular flexibility index (Phi) is 4.74. The third kappa shape index (κ3) is 3.22. The molecule has 3 rings (SSSR count). The molecule has 3 aromatic rings. The molecule has 0 spiro atoms. The first kappa shape index (κ1) is 16.4. The Morgan fingerprint density at radius 3 is 2.08 bits per heavy atom. The summed E-state index contributed by atoms with van der Waals surface area (Å²) in [7, 11) is 0. The maximum atomic E-state index is 12.9. The van der Waals surface area contributed by atoms with E-state index < -0.39 is 11.5 Å². The molecule has 1 amide bonds. The Morgan fingerprint density at radius 1 is 1.08 bits per heavy atom. The molecule has 122 valence electrons. The van der Waals surface area contributed by atoms with Gasteiger partial charge in [-0.15, -0.1) is 11.3 Å². The number of aryl methyl sites for hydroxylation is 1. The predicted octanol–water partition coefficient (Wildman–Crippen LogP) is 3.00. The van der Waals surface area contributed by atoms with Gasteiger partial charge in [-0.2, -0.15) is 0 Å². The van der Waals surface area contributed by atoms with Crippen LogP contribution in [0.1, 0.15) is 21.0 Å². The predicted molar refractivity (Wildman–Crippen MR) is 94.6 cm³/mol. The van der Waals surface area contributed by atoms with Crippen molar-refractivity contribution in [2.24, 2.45) is 0 Å². The van der Waals surface area contributed by atoms with Crippen molar-refractivity contribution in [3.8, 4) is 0 Å². The first-order chi connectivity index (χ1) is 11.6. The number of carbonyl (C=O) groups excluding carboxylic acids is 1. The van der Waals surface area contributed by atoms with Crippen LogP contribution >= 0.6 is 11.3 Å². The fourth-order valence-electron chi connectivity index (χ4n) is 2.55. The molecule has 24 heavy (non-hydrogen) atoms. The van der Waals surface area contributed by atoms with Gasteiger partial charge in [0.2, 0.25) is 0 Å². The fraction of sp³-hybridized carbons (Fsp3) is 0.158. The number of hydrogen-bond acceptors (Lipinski definition) is 4. The number of aliphatic hydroxyl groups is 1. The van der Waals surface area contributed by atoms with Crippen LogP contribution in [-0.2, 0) is 16.9 Å². The van der Waals surface area contributed by atoms with E-state index in [-0.39, 0.29) is 0 Å². The van der Waals surface area contributed by atoms with Gasteiger partial charge in [-0.25, -0.2) is 4.98 Å². The second-order valence-electron chi connectivity index (χ2n) is 5.49. The molecule has 5 heteroatoms. The number of nitrogens with one attached hydrogen (secondary N) is 1. The van der Waals surface area contributed by atoms with E-state index in [0.29, 0.717) is 17.7 Å². The van der Waals surface area contributed by atoms with E-state index in [1.807, 2.05) is 19.1 Å². The van der Waals surface area contributed by atoms with Gasteiger partial charge in [-0.3, -0.25) is 4.79 Å². The minimum absolute atomic E-state index is 0.291. The van der Waals surface area contributed by atoms with E-state index in [2.05, 4.69) is 10.3 Å². The molecule has 2 N–H and O–H groups in total. The van der Waals surface area contributed by atoms with E-state index in [1.54, 1.807) is 54.7 Å². The second-order valence-corrected chi connectivity index (χ2v) is 6.81. The van der Waals surface area contributed by atoms with Gasteiger partial charge < -0.3 is 10.4 Å². The van der Waals surface area contributed by atoms with Gasteiger partial charge in [0, 0.05) is 11.1 Å². The van der Waals surface area contributed by atoms with Crippen molar-refractivity contribution in [3.63, 3.8) is 0 Å². The summed E-state index contributed by atoms with van der Waals surface area (Å²) < 4.78 is 0. The van der Waals surface area contributed by atoms with Crippen molar-refractivity contribution in [2.75, 3.05) is 0 Å². The van der Waals surface area contributed by atoms with Crippen molar-refractivity contribution in [2.45, 2.75) is 19.1 Å². The lowest BCUT2D eigenvalue weighted by Gasteiger charge is -2.28. The number of aromatic nitrogens is 1. The van der Waals surface area contributed by atoms with Crippen molar-refractivity contribution in [1.82, 2.24) is 10.3 Å². The van der Waals surface area contributed by atoms with Crippen LogP contribution in [0.25, 0.3) is 0 Å². The van der Waals surface area contributed by atoms with Crippen LogP contribution in [0, 0.1) is 6.92 Å². The zero-order chi connectivity index (χ0) is 17.0. The van der Waals surface area contributed by atoms with E-state index in [0.717, 1.165) is 9.88 Å². The summed E-state index contributed by atoms with van der Waals surface area (Å²) in [5, 5.41) is 14.9. The molecular formula is C19H18N2O2S. The first-order valence-corrected chi connectivity index (χ1v) is 8.45. The molecular weight excluding hydrogens is 320 g/mol. The van der Waals surface area contributed by atoms with Gasteiger partial charge >= 0.3 is 0 Å². The van der Waals surface area contributed by atoms with Crippen LogP contribution in [0.4, 0.5) is 0 Å². The monoisotopic (exact) mass is 338 g/mol. The largest absolute Gasteiger partial charge is 0.372 e. The van der Waals surface area contributed by atoms with Gasteiger partial charge in [-0.1, -0.05) is 60.7 Å². The maximum Gasteiger partial charge on any atom is 0.261 e. The molecule has 2 aromatic carbocycles. The summed E-state index contributed by atoms with van der Waals surface area (Å²) in [5.41, 5.74) is -0.678. The lowest BCUT2D eigenvalue weighted by molar-refractivity contribution is -0.136. The molecule has 0 aliphatic carbocycles. The number of thiazole rings is 1. The zero-order valence-corrected chi connectivity index (χ0v) is 14.1. The third-order valence-corrected chi connectivity index (χ3v) is 4.69. The lowest BCUT2D eigenvalue weighted by atomic mass is 9.85. The van der Waals surface area contributed by atoms with Crippen molar-refractivity contribution in [1.29, 1.82) is 0 Å². The minimum Gasteiger partial charge on any atom is -0.372 e. The highest BCUT2D eigenvalue weighted by atomic mass is 32.1. The van der Waals surface area contributed by atoms with Gasteiger partial charge in [0.1, 0.15) is 5.01 Å². The first-order valence-electron chi connectivity index (χ1n) is 7.63. The summed E-state index contributed by atoms with van der Waals surface area (Å²) in [6.07, 6.45) is 1.77. The molecule has 0 fully saturated rings. The van der Waals surface area contributed by atoms with Crippen LogP contribution < -0.4 is 5.32 Å². The quantitative estimate of drug-likeness (QED) is 0.752. The van der Waals surface area contributed by atoms with E-state index in [9.17, 15) is 9.90 Å². The van der Waals surface area contributed by atoms with Crippen LogP contribution in [0.2, 0.25) is 0 Å².